The molecule has 0 spiro atoms. The molecule has 0 unspecified atom stereocenters. The van der Waals surface area contributed by atoms with Crippen molar-refractivity contribution in [2.24, 2.45) is 11.7 Å². The van der Waals surface area contributed by atoms with Crippen LogP contribution in [0.5, 0.6) is 0 Å². The third kappa shape index (κ3) is 2.79. The van der Waals surface area contributed by atoms with Crippen LogP contribution in [0.2, 0.25) is 5.02 Å². The Morgan fingerprint density at radius 2 is 1.94 bits per heavy atom. The average molecular weight is 303 g/mol. The molecule has 0 aliphatic heterocycles. The summed E-state index contributed by atoms with van der Waals surface area (Å²) >= 11 is 9.58. The number of benzene rings is 1. The Balaban J connectivity index is 2.18. The summed E-state index contributed by atoms with van der Waals surface area (Å²) in [5, 5.41) is 0.768. The van der Waals surface area contributed by atoms with Crippen molar-refractivity contribution in [3.05, 3.63) is 33.3 Å². The van der Waals surface area contributed by atoms with Crippen molar-refractivity contribution in [3.63, 3.8) is 0 Å². The fraction of sp³-hybridized carbons (Fsp3) is 0.538. The normalized spacial score (nSPS) is 19.7. The molecule has 0 saturated heterocycles. The van der Waals surface area contributed by atoms with E-state index in [4.69, 9.17) is 17.3 Å². The Bertz CT molecular complexity index is 361. The van der Waals surface area contributed by atoms with E-state index < -0.39 is 0 Å². The Morgan fingerprint density at radius 1 is 1.25 bits per heavy atom. The summed E-state index contributed by atoms with van der Waals surface area (Å²) in [5.41, 5.74) is 7.50. The van der Waals surface area contributed by atoms with Gasteiger partial charge >= 0.3 is 0 Å². The van der Waals surface area contributed by atoms with Gasteiger partial charge < -0.3 is 5.73 Å². The first-order valence-corrected chi connectivity index (χ1v) is 7.06. The highest BCUT2D eigenvalue weighted by Crippen LogP contribution is 2.36. The van der Waals surface area contributed by atoms with Gasteiger partial charge in [0.25, 0.3) is 0 Å². The summed E-state index contributed by atoms with van der Waals surface area (Å²) in [6.45, 7) is 0. The van der Waals surface area contributed by atoms with Crippen LogP contribution in [0.1, 0.15) is 43.7 Å². The minimum Gasteiger partial charge on any atom is -0.324 e. The molecule has 0 amide bonds. The lowest BCUT2D eigenvalue weighted by molar-refractivity contribution is 0.307. The third-order valence-corrected chi connectivity index (χ3v) is 4.43. The van der Waals surface area contributed by atoms with Gasteiger partial charge in [-0.25, -0.2) is 0 Å². The number of hydrogen-bond acceptors (Lipinski definition) is 1. The van der Waals surface area contributed by atoms with Gasteiger partial charge in [-0.05, 0) is 42.5 Å². The predicted octanol–water partition coefficient (Wildman–Crippen LogP) is 4.68. The second kappa shape index (κ2) is 5.52. The fourth-order valence-electron chi connectivity index (χ4n) is 2.52. The van der Waals surface area contributed by atoms with Gasteiger partial charge in [-0.1, -0.05) is 46.8 Å². The second-order valence-electron chi connectivity index (χ2n) is 4.59. The van der Waals surface area contributed by atoms with Crippen LogP contribution in [0, 0.1) is 5.92 Å². The van der Waals surface area contributed by atoms with E-state index in [0.29, 0.717) is 5.92 Å². The Labute approximate surface area is 110 Å². The van der Waals surface area contributed by atoms with E-state index in [-0.39, 0.29) is 6.04 Å². The molecule has 0 radical (unpaired) electrons. The maximum Gasteiger partial charge on any atom is 0.0410 e. The van der Waals surface area contributed by atoms with Gasteiger partial charge in [0.2, 0.25) is 0 Å². The lowest BCUT2D eigenvalue weighted by Crippen LogP contribution is -2.23. The maximum atomic E-state index is 6.35. The minimum atomic E-state index is 0.119. The summed E-state index contributed by atoms with van der Waals surface area (Å²) in [6, 6.07) is 5.99. The van der Waals surface area contributed by atoms with Crippen LogP contribution < -0.4 is 5.73 Å². The molecule has 2 rings (SSSR count). The number of rotatable bonds is 2. The molecule has 1 fully saturated rings. The van der Waals surface area contributed by atoms with Crippen LogP contribution in [-0.2, 0) is 0 Å². The molecule has 0 aromatic heterocycles. The zero-order chi connectivity index (χ0) is 11.5. The molecule has 1 aromatic carbocycles. The molecule has 3 heteroatoms. The van der Waals surface area contributed by atoms with E-state index >= 15 is 0 Å². The quantitative estimate of drug-likeness (QED) is 0.843. The Morgan fingerprint density at radius 3 is 2.62 bits per heavy atom. The van der Waals surface area contributed by atoms with Crippen molar-refractivity contribution in [2.45, 2.75) is 38.1 Å². The zero-order valence-electron chi connectivity index (χ0n) is 9.26. The molecule has 0 bridgehead atoms. The number of nitrogens with two attached hydrogens (primary N) is 1. The van der Waals surface area contributed by atoms with Gasteiger partial charge in [-0.2, -0.15) is 0 Å². The molecule has 1 aromatic rings. The molecule has 16 heavy (non-hydrogen) atoms. The fourth-order valence-corrected chi connectivity index (χ4v) is 3.21. The molecular weight excluding hydrogens is 286 g/mol. The summed E-state index contributed by atoms with van der Waals surface area (Å²) in [5.74, 6) is 0.614. The lowest BCUT2D eigenvalue weighted by atomic mass is 9.81. The van der Waals surface area contributed by atoms with Crippen molar-refractivity contribution in [2.75, 3.05) is 0 Å². The van der Waals surface area contributed by atoms with E-state index in [0.717, 1.165) is 15.1 Å². The second-order valence-corrected chi connectivity index (χ2v) is 5.88. The van der Waals surface area contributed by atoms with E-state index in [1.807, 2.05) is 18.2 Å². The Kier molecular flexibility index (Phi) is 4.28. The molecule has 1 nitrogen and oxygen atoms in total. The highest BCUT2D eigenvalue weighted by Gasteiger charge is 2.23. The standard InChI is InChI=1S/C13H17BrClN/c14-12-7-6-10(15)8-11(12)13(16)9-4-2-1-3-5-9/h6-9,13H,1-5,16H2/t13-/m1/s1. The van der Waals surface area contributed by atoms with Crippen LogP contribution in [0.15, 0.2) is 22.7 Å². The van der Waals surface area contributed by atoms with Crippen LogP contribution in [0.4, 0.5) is 0 Å². The van der Waals surface area contributed by atoms with Crippen molar-refractivity contribution in [1.82, 2.24) is 0 Å². The summed E-state index contributed by atoms with van der Waals surface area (Å²) in [7, 11) is 0. The van der Waals surface area contributed by atoms with Gasteiger partial charge in [-0.15, -0.1) is 0 Å². The number of hydrogen-bond donors (Lipinski definition) is 1. The van der Waals surface area contributed by atoms with Crippen LogP contribution >= 0.6 is 27.5 Å². The summed E-state index contributed by atoms with van der Waals surface area (Å²) in [6.07, 6.45) is 6.49. The third-order valence-electron chi connectivity index (χ3n) is 3.47. The first-order chi connectivity index (χ1) is 7.68. The van der Waals surface area contributed by atoms with E-state index in [9.17, 15) is 0 Å². The van der Waals surface area contributed by atoms with Gasteiger partial charge in [0.05, 0.1) is 0 Å². The lowest BCUT2D eigenvalue weighted by Gasteiger charge is -2.28. The molecule has 1 saturated carbocycles. The van der Waals surface area contributed by atoms with Crippen molar-refractivity contribution in [3.8, 4) is 0 Å². The summed E-state index contributed by atoms with van der Waals surface area (Å²) < 4.78 is 1.08. The van der Waals surface area contributed by atoms with Gasteiger partial charge in [0, 0.05) is 15.5 Å². The molecule has 1 aliphatic carbocycles. The van der Waals surface area contributed by atoms with E-state index in [1.54, 1.807) is 0 Å². The molecule has 88 valence electrons. The van der Waals surface area contributed by atoms with Crippen molar-refractivity contribution >= 4 is 27.5 Å². The van der Waals surface area contributed by atoms with Crippen LogP contribution in [-0.4, -0.2) is 0 Å². The highest BCUT2D eigenvalue weighted by atomic mass is 79.9. The predicted molar refractivity (Wildman–Crippen MR) is 72.7 cm³/mol. The molecular formula is C13H17BrClN. The first kappa shape index (κ1) is 12.4. The van der Waals surface area contributed by atoms with Crippen LogP contribution in [0.3, 0.4) is 0 Å². The molecule has 2 N–H and O–H groups in total. The van der Waals surface area contributed by atoms with E-state index in [1.165, 1.54) is 32.1 Å². The first-order valence-electron chi connectivity index (χ1n) is 5.89. The molecule has 0 heterocycles. The number of halogens is 2. The smallest absolute Gasteiger partial charge is 0.0410 e. The average Bonchev–Trinajstić information content (AvgIpc) is 2.32. The largest absolute Gasteiger partial charge is 0.324 e. The monoisotopic (exact) mass is 301 g/mol. The topological polar surface area (TPSA) is 26.0 Å². The zero-order valence-corrected chi connectivity index (χ0v) is 11.6. The van der Waals surface area contributed by atoms with Gasteiger partial charge in [0.1, 0.15) is 0 Å². The highest BCUT2D eigenvalue weighted by molar-refractivity contribution is 9.10. The Hall–Kier alpha value is -0.0500. The SMILES string of the molecule is N[C@@H](c1cc(Cl)ccc1Br)C1CCCCC1. The van der Waals surface area contributed by atoms with Gasteiger partial charge in [-0.3, -0.25) is 0 Å². The van der Waals surface area contributed by atoms with E-state index in [2.05, 4.69) is 15.9 Å². The molecule has 1 aliphatic rings. The minimum absolute atomic E-state index is 0.119. The van der Waals surface area contributed by atoms with Crippen molar-refractivity contribution in [1.29, 1.82) is 0 Å². The van der Waals surface area contributed by atoms with Crippen molar-refractivity contribution < 1.29 is 0 Å². The van der Waals surface area contributed by atoms with Crippen LogP contribution in [0.25, 0.3) is 0 Å². The molecule has 1 atom stereocenters. The van der Waals surface area contributed by atoms with Gasteiger partial charge in [0.15, 0.2) is 0 Å². The summed E-state index contributed by atoms with van der Waals surface area (Å²) in [4.78, 5) is 0. The maximum absolute atomic E-state index is 6.35.